The average molecular weight is 244 g/mol. The molecule has 0 heterocycles. The third-order valence-corrected chi connectivity index (χ3v) is 1.75. The van der Waals surface area contributed by atoms with Crippen LogP contribution in [0.4, 0.5) is 0 Å². The smallest absolute Gasteiger partial charge is 0.347 e. The minimum absolute atomic E-state index is 0.171. The Balaban J connectivity index is 3.71. The summed E-state index contributed by atoms with van der Waals surface area (Å²) in [7, 11) is 0. The third-order valence-electron chi connectivity index (χ3n) is 1.75. The Kier molecular flexibility index (Phi) is 9.05. The van der Waals surface area contributed by atoms with E-state index >= 15 is 0 Å². The first-order valence-corrected chi connectivity index (χ1v) is 5.69. The fraction of sp³-hybridized carbons (Fsp3) is 0.667. The van der Waals surface area contributed by atoms with Crippen LogP contribution >= 0.6 is 0 Å². The van der Waals surface area contributed by atoms with Crippen molar-refractivity contribution in [2.75, 3.05) is 19.8 Å². The van der Waals surface area contributed by atoms with E-state index in [1.807, 2.05) is 6.92 Å². The van der Waals surface area contributed by atoms with Crippen LogP contribution < -0.4 is 0 Å². The van der Waals surface area contributed by atoms with E-state index < -0.39 is 18.0 Å². The van der Waals surface area contributed by atoms with E-state index in [0.717, 1.165) is 6.42 Å². The van der Waals surface area contributed by atoms with Gasteiger partial charge in [0, 0.05) is 12.7 Å². The molecule has 1 unspecified atom stereocenters. The van der Waals surface area contributed by atoms with Crippen LogP contribution in [0.15, 0.2) is 12.2 Å². The topological polar surface area (TPSA) is 61.8 Å². The van der Waals surface area contributed by atoms with Crippen LogP contribution in [0.25, 0.3) is 0 Å². The molecule has 0 bridgehead atoms. The van der Waals surface area contributed by atoms with Crippen LogP contribution in [-0.4, -0.2) is 37.9 Å². The number of carbonyl (C=O) groups is 2. The van der Waals surface area contributed by atoms with Gasteiger partial charge >= 0.3 is 11.9 Å². The molecule has 0 radical (unpaired) electrons. The van der Waals surface area contributed by atoms with Crippen LogP contribution in [0.5, 0.6) is 0 Å². The van der Waals surface area contributed by atoms with Crippen molar-refractivity contribution in [3.8, 4) is 0 Å². The van der Waals surface area contributed by atoms with Gasteiger partial charge in [-0.1, -0.05) is 13.0 Å². The highest BCUT2D eigenvalue weighted by atomic mass is 16.6. The van der Waals surface area contributed by atoms with E-state index in [1.54, 1.807) is 13.0 Å². The van der Waals surface area contributed by atoms with Crippen LogP contribution in [-0.2, 0) is 23.8 Å². The fourth-order valence-electron chi connectivity index (χ4n) is 0.963. The predicted octanol–water partition coefficient (Wildman–Crippen LogP) is 1.46. The molecular weight excluding hydrogens is 224 g/mol. The molecule has 0 saturated carbocycles. The number of esters is 2. The Bertz CT molecular complexity index is 260. The number of rotatable bonds is 8. The number of allylic oxidation sites excluding steroid dienone is 1. The molecule has 5 nitrogen and oxygen atoms in total. The minimum Gasteiger partial charge on any atom is -0.461 e. The van der Waals surface area contributed by atoms with Gasteiger partial charge < -0.3 is 14.2 Å². The Morgan fingerprint density at radius 2 is 1.94 bits per heavy atom. The lowest BCUT2D eigenvalue weighted by Gasteiger charge is -2.11. The van der Waals surface area contributed by atoms with Gasteiger partial charge in [-0.3, -0.25) is 0 Å². The number of carbonyl (C=O) groups excluding carboxylic acids is 2. The summed E-state index contributed by atoms with van der Waals surface area (Å²) < 4.78 is 14.8. The first kappa shape index (κ1) is 15.6. The zero-order chi connectivity index (χ0) is 13.1. The largest absolute Gasteiger partial charge is 0.461 e. The van der Waals surface area contributed by atoms with Gasteiger partial charge in [0.2, 0.25) is 0 Å². The molecule has 0 saturated heterocycles. The summed E-state index contributed by atoms with van der Waals surface area (Å²) in [6, 6.07) is 0. The van der Waals surface area contributed by atoms with Crippen molar-refractivity contribution < 1.29 is 23.8 Å². The Morgan fingerprint density at radius 1 is 1.24 bits per heavy atom. The predicted molar refractivity (Wildman–Crippen MR) is 62.4 cm³/mol. The van der Waals surface area contributed by atoms with Gasteiger partial charge in [-0.25, -0.2) is 9.59 Å². The summed E-state index contributed by atoms with van der Waals surface area (Å²) in [6.07, 6.45) is 2.81. The van der Waals surface area contributed by atoms with Gasteiger partial charge in [0.05, 0.1) is 6.61 Å². The number of ether oxygens (including phenoxy) is 3. The molecule has 0 aliphatic heterocycles. The lowest BCUT2D eigenvalue weighted by atomic mass is 10.4. The standard InChI is InChI=1S/C12H20O5/c1-4-6-11(13)17-10(3)12(14)16-9-8-15-7-5-2/h4,6,10H,5,7-9H2,1-3H3/b6-4-. The van der Waals surface area contributed by atoms with Crippen molar-refractivity contribution in [3.05, 3.63) is 12.2 Å². The molecule has 0 fully saturated rings. The maximum Gasteiger partial charge on any atom is 0.347 e. The molecule has 0 aromatic heterocycles. The Morgan fingerprint density at radius 3 is 2.53 bits per heavy atom. The van der Waals surface area contributed by atoms with E-state index in [4.69, 9.17) is 14.2 Å². The average Bonchev–Trinajstić information content (AvgIpc) is 2.28. The van der Waals surface area contributed by atoms with E-state index in [2.05, 4.69) is 0 Å². The molecule has 98 valence electrons. The van der Waals surface area contributed by atoms with Crippen LogP contribution in [0.1, 0.15) is 27.2 Å². The maximum atomic E-state index is 11.3. The van der Waals surface area contributed by atoms with Crippen LogP contribution in [0.3, 0.4) is 0 Å². The summed E-state index contributed by atoms with van der Waals surface area (Å²) in [5, 5.41) is 0. The van der Waals surface area contributed by atoms with Gasteiger partial charge in [0.15, 0.2) is 6.10 Å². The zero-order valence-corrected chi connectivity index (χ0v) is 10.6. The highest BCUT2D eigenvalue weighted by Gasteiger charge is 2.17. The molecule has 5 heteroatoms. The zero-order valence-electron chi connectivity index (χ0n) is 10.6. The molecular formula is C12H20O5. The molecule has 0 aliphatic rings. The molecule has 0 N–H and O–H groups in total. The monoisotopic (exact) mass is 244 g/mol. The molecule has 0 amide bonds. The molecule has 1 atom stereocenters. The highest BCUT2D eigenvalue weighted by molar-refractivity contribution is 5.85. The first-order valence-electron chi connectivity index (χ1n) is 5.69. The molecule has 0 aromatic rings. The van der Waals surface area contributed by atoms with Gasteiger partial charge in [-0.2, -0.15) is 0 Å². The van der Waals surface area contributed by atoms with E-state index in [9.17, 15) is 9.59 Å². The highest BCUT2D eigenvalue weighted by Crippen LogP contribution is 1.96. The van der Waals surface area contributed by atoms with Crippen molar-refractivity contribution in [1.82, 2.24) is 0 Å². The van der Waals surface area contributed by atoms with Crippen molar-refractivity contribution in [3.63, 3.8) is 0 Å². The summed E-state index contributed by atoms with van der Waals surface area (Å²) in [4.78, 5) is 22.4. The Hall–Kier alpha value is -1.36. The summed E-state index contributed by atoms with van der Waals surface area (Å²) in [6.45, 7) is 6.32. The van der Waals surface area contributed by atoms with Crippen molar-refractivity contribution in [1.29, 1.82) is 0 Å². The molecule has 0 rings (SSSR count). The van der Waals surface area contributed by atoms with Crippen molar-refractivity contribution >= 4 is 11.9 Å². The molecule has 0 aromatic carbocycles. The van der Waals surface area contributed by atoms with Gasteiger partial charge in [0.1, 0.15) is 6.61 Å². The number of hydrogen-bond acceptors (Lipinski definition) is 5. The second-order valence-corrected chi connectivity index (χ2v) is 3.36. The van der Waals surface area contributed by atoms with E-state index in [0.29, 0.717) is 13.2 Å². The Labute approximate surface area is 102 Å². The van der Waals surface area contributed by atoms with E-state index in [-0.39, 0.29) is 6.61 Å². The van der Waals surface area contributed by atoms with Crippen molar-refractivity contribution in [2.45, 2.75) is 33.3 Å². The van der Waals surface area contributed by atoms with Gasteiger partial charge in [-0.15, -0.1) is 0 Å². The fourth-order valence-corrected chi connectivity index (χ4v) is 0.963. The first-order chi connectivity index (χ1) is 8.11. The van der Waals surface area contributed by atoms with Crippen LogP contribution in [0.2, 0.25) is 0 Å². The number of hydrogen-bond donors (Lipinski definition) is 0. The van der Waals surface area contributed by atoms with E-state index in [1.165, 1.54) is 13.0 Å². The normalized spacial score (nSPS) is 12.4. The van der Waals surface area contributed by atoms with Gasteiger partial charge in [-0.05, 0) is 20.3 Å². The third kappa shape index (κ3) is 8.45. The molecule has 0 aliphatic carbocycles. The minimum atomic E-state index is -0.898. The summed E-state index contributed by atoms with van der Waals surface area (Å²) >= 11 is 0. The van der Waals surface area contributed by atoms with Gasteiger partial charge in [0.25, 0.3) is 0 Å². The van der Waals surface area contributed by atoms with Crippen molar-refractivity contribution in [2.24, 2.45) is 0 Å². The lowest BCUT2D eigenvalue weighted by Crippen LogP contribution is -2.26. The SMILES string of the molecule is C/C=C\C(=O)OC(C)C(=O)OCCOCCC. The summed E-state index contributed by atoms with van der Waals surface area (Å²) in [5.41, 5.74) is 0. The molecule has 0 spiro atoms. The summed E-state index contributed by atoms with van der Waals surface area (Å²) in [5.74, 6) is -1.12. The lowest BCUT2D eigenvalue weighted by molar-refractivity contribution is -0.164. The second-order valence-electron chi connectivity index (χ2n) is 3.36. The quantitative estimate of drug-likeness (QED) is 0.367. The molecule has 17 heavy (non-hydrogen) atoms. The maximum absolute atomic E-state index is 11.3. The van der Waals surface area contributed by atoms with Crippen LogP contribution in [0, 0.1) is 0 Å². The second kappa shape index (κ2) is 9.84.